The van der Waals surface area contributed by atoms with Crippen molar-refractivity contribution >= 4 is 21.1 Å². The molecule has 0 aliphatic rings. The van der Waals surface area contributed by atoms with Gasteiger partial charge in [-0.25, -0.2) is 0 Å². The highest BCUT2D eigenvalue weighted by Gasteiger charge is 2.21. The smallest absolute Gasteiger partial charge is 0.00683 e. The third kappa shape index (κ3) is 5.65. The Morgan fingerprint density at radius 2 is 1.29 bits per heavy atom. The Hall–Kier alpha value is 0.0800. The van der Waals surface area contributed by atoms with E-state index in [0.29, 0.717) is 0 Å². The molecule has 2 heteroatoms. The first-order chi connectivity index (χ1) is 9.73. The van der Waals surface area contributed by atoms with E-state index < -0.39 is 0 Å². The van der Waals surface area contributed by atoms with E-state index in [2.05, 4.69) is 79.7 Å². The molecule has 0 fully saturated rings. The average molecular weight is 324 g/mol. The molecule has 0 nitrogen and oxygen atoms in total. The van der Waals surface area contributed by atoms with Gasteiger partial charge in [-0.1, -0.05) is 95.5 Å². The first kappa shape index (κ1) is 19.1. The molecular formula is C19H34P2. The summed E-state index contributed by atoms with van der Waals surface area (Å²) in [5, 5.41) is 1.61. The van der Waals surface area contributed by atoms with Gasteiger partial charge in [0.1, 0.15) is 0 Å². The van der Waals surface area contributed by atoms with Crippen molar-refractivity contribution in [2.45, 2.75) is 84.2 Å². The van der Waals surface area contributed by atoms with Crippen LogP contribution in [-0.4, -0.2) is 22.6 Å². The number of benzene rings is 1. The van der Waals surface area contributed by atoms with Crippen LogP contribution in [0.15, 0.2) is 24.3 Å². The Bertz CT molecular complexity index is 405. The molecule has 21 heavy (non-hydrogen) atoms. The molecule has 1 aromatic carbocycles. The maximum atomic E-state index is 2.52. The molecule has 1 rings (SSSR count). The summed E-state index contributed by atoms with van der Waals surface area (Å²) < 4.78 is 0. The monoisotopic (exact) mass is 324 g/mol. The Morgan fingerprint density at radius 3 is 1.71 bits per heavy atom. The summed E-state index contributed by atoms with van der Waals surface area (Å²) in [6, 6.07) is 9.52. The highest BCUT2D eigenvalue weighted by molar-refractivity contribution is 7.66. The molecular weight excluding hydrogens is 290 g/mol. The highest BCUT2D eigenvalue weighted by Crippen LogP contribution is 2.49. The second-order valence-corrected chi connectivity index (χ2v) is 13.9. The van der Waals surface area contributed by atoms with Crippen molar-refractivity contribution in [2.24, 2.45) is 0 Å². The lowest BCUT2D eigenvalue weighted by molar-refractivity contribution is 0.995. The standard InChI is InChI=1S/C19H34P2/c1-14(2)20(15(3)4)13-18-10-9-11-19(12-18)21(16(5)6)17(7)8/h9-12,14-17H,13H2,1-8H3. The van der Waals surface area contributed by atoms with Gasteiger partial charge in [0.15, 0.2) is 0 Å². The van der Waals surface area contributed by atoms with E-state index in [1.807, 2.05) is 0 Å². The first-order valence-electron chi connectivity index (χ1n) is 8.37. The van der Waals surface area contributed by atoms with Gasteiger partial charge in [0.05, 0.1) is 0 Å². The van der Waals surface area contributed by atoms with Crippen LogP contribution in [-0.2, 0) is 6.16 Å². The zero-order chi connectivity index (χ0) is 16.2. The van der Waals surface area contributed by atoms with Crippen molar-refractivity contribution in [3.63, 3.8) is 0 Å². The quantitative estimate of drug-likeness (QED) is 0.508. The van der Waals surface area contributed by atoms with Crippen LogP contribution >= 0.6 is 15.8 Å². The molecule has 0 N–H and O–H groups in total. The van der Waals surface area contributed by atoms with Crippen LogP contribution in [0, 0.1) is 0 Å². The lowest BCUT2D eigenvalue weighted by Crippen LogP contribution is -2.15. The lowest BCUT2D eigenvalue weighted by Gasteiger charge is -2.28. The molecule has 0 saturated heterocycles. The van der Waals surface area contributed by atoms with Crippen LogP contribution in [0.1, 0.15) is 61.0 Å². The molecule has 120 valence electrons. The Labute approximate surface area is 135 Å². The highest BCUT2D eigenvalue weighted by atomic mass is 31.1. The summed E-state index contributed by atoms with van der Waals surface area (Å²) in [7, 11) is 0.0515. The Balaban J connectivity index is 2.99. The minimum absolute atomic E-state index is 0.0384. The summed E-state index contributed by atoms with van der Waals surface area (Å²) in [5.41, 5.74) is 4.74. The van der Waals surface area contributed by atoms with Gasteiger partial charge < -0.3 is 0 Å². The molecule has 0 aromatic heterocycles. The van der Waals surface area contributed by atoms with Gasteiger partial charge in [0.25, 0.3) is 0 Å². The van der Waals surface area contributed by atoms with E-state index in [4.69, 9.17) is 0 Å². The van der Waals surface area contributed by atoms with Gasteiger partial charge in [0, 0.05) is 0 Å². The van der Waals surface area contributed by atoms with Crippen LogP contribution in [0.4, 0.5) is 0 Å². The Kier molecular flexibility index (Phi) is 7.87. The van der Waals surface area contributed by atoms with Crippen LogP contribution < -0.4 is 5.30 Å². The van der Waals surface area contributed by atoms with Gasteiger partial charge in [-0.15, -0.1) is 0 Å². The molecule has 0 spiro atoms. The van der Waals surface area contributed by atoms with Crippen molar-refractivity contribution in [1.82, 2.24) is 0 Å². The predicted octanol–water partition coefficient (Wildman–Crippen LogP) is 6.41. The van der Waals surface area contributed by atoms with E-state index in [9.17, 15) is 0 Å². The number of hydrogen-bond acceptors (Lipinski definition) is 0. The fraction of sp³-hybridized carbons (Fsp3) is 0.684. The molecule has 0 radical (unpaired) electrons. The molecule has 0 saturated carbocycles. The van der Waals surface area contributed by atoms with Crippen LogP contribution in [0.25, 0.3) is 0 Å². The first-order valence-corrected chi connectivity index (χ1v) is 11.5. The molecule has 0 bridgehead atoms. The molecule has 1 aromatic rings. The molecule has 0 aliphatic carbocycles. The van der Waals surface area contributed by atoms with Crippen molar-refractivity contribution in [2.75, 3.05) is 0 Å². The maximum absolute atomic E-state index is 2.52. The average Bonchev–Trinajstić information content (AvgIpc) is 2.34. The lowest BCUT2D eigenvalue weighted by atomic mass is 10.2. The van der Waals surface area contributed by atoms with Gasteiger partial charge >= 0.3 is 0 Å². The minimum Gasteiger partial charge on any atom is -0.0970 e. The molecule has 0 heterocycles. The molecule has 0 aliphatic heterocycles. The largest absolute Gasteiger partial charge is 0.0970 e. The van der Waals surface area contributed by atoms with Crippen molar-refractivity contribution < 1.29 is 0 Å². The SMILES string of the molecule is CC(C)P(Cc1cccc(P(C(C)C)C(C)C)c1)C(C)C. The second-order valence-electron chi connectivity index (χ2n) is 7.12. The third-order valence-electron chi connectivity index (χ3n) is 4.01. The Morgan fingerprint density at radius 1 is 0.762 bits per heavy atom. The van der Waals surface area contributed by atoms with Gasteiger partial charge in [-0.3, -0.25) is 0 Å². The van der Waals surface area contributed by atoms with Gasteiger partial charge in [-0.2, -0.15) is 0 Å². The predicted molar refractivity (Wildman–Crippen MR) is 104 cm³/mol. The number of hydrogen-bond donors (Lipinski definition) is 0. The van der Waals surface area contributed by atoms with E-state index >= 15 is 0 Å². The van der Waals surface area contributed by atoms with Crippen LogP contribution in [0.5, 0.6) is 0 Å². The summed E-state index contributed by atoms with van der Waals surface area (Å²) in [6.45, 7) is 19.1. The van der Waals surface area contributed by atoms with Crippen molar-refractivity contribution in [1.29, 1.82) is 0 Å². The summed E-state index contributed by atoms with van der Waals surface area (Å²) in [5.74, 6) is 0. The summed E-state index contributed by atoms with van der Waals surface area (Å²) in [4.78, 5) is 0. The zero-order valence-electron chi connectivity index (χ0n) is 15.2. The van der Waals surface area contributed by atoms with Gasteiger partial charge in [-0.05, 0) is 39.7 Å². The third-order valence-corrected chi connectivity index (χ3v) is 10.5. The second kappa shape index (κ2) is 8.64. The summed E-state index contributed by atoms with van der Waals surface area (Å²) in [6.07, 6.45) is 1.29. The van der Waals surface area contributed by atoms with E-state index in [1.54, 1.807) is 10.9 Å². The zero-order valence-corrected chi connectivity index (χ0v) is 17.0. The molecule has 0 atom stereocenters. The fourth-order valence-corrected chi connectivity index (χ4v) is 8.68. The van der Waals surface area contributed by atoms with E-state index in [-0.39, 0.29) is 15.8 Å². The van der Waals surface area contributed by atoms with Crippen molar-refractivity contribution in [3.8, 4) is 0 Å². The van der Waals surface area contributed by atoms with Crippen LogP contribution in [0.2, 0.25) is 0 Å². The van der Waals surface area contributed by atoms with Crippen molar-refractivity contribution in [3.05, 3.63) is 29.8 Å². The normalized spacial score (nSPS) is 12.7. The van der Waals surface area contributed by atoms with Gasteiger partial charge in [0.2, 0.25) is 0 Å². The fourth-order valence-electron chi connectivity index (χ4n) is 3.18. The van der Waals surface area contributed by atoms with E-state index in [1.165, 1.54) is 6.16 Å². The molecule has 0 amide bonds. The van der Waals surface area contributed by atoms with Crippen LogP contribution in [0.3, 0.4) is 0 Å². The maximum Gasteiger partial charge on any atom is -0.00683 e. The molecule has 0 unspecified atom stereocenters. The van der Waals surface area contributed by atoms with E-state index in [0.717, 1.165) is 22.6 Å². The summed E-state index contributed by atoms with van der Waals surface area (Å²) >= 11 is 0. The topological polar surface area (TPSA) is 0 Å². The number of rotatable bonds is 7. The minimum atomic E-state index is -0.0384.